The van der Waals surface area contributed by atoms with E-state index in [0.29, 0.717) is 22.4 Å². The largest absolute Gasteiger partial charge is 0.416 e. The third-order valence-electron chi connectivity index (χ3n) is 7.89. The monoisotopic (exact) mass is 622 g/mol. The van der Waals surface area contributed by atoms with Crippen molar-refractivity contribution in [2.75, 3.05) is 26.2 Å². The SMILES string of the molecule is O=C1NCC(c2cnc3ccccn23)=C1c1cn2c3c(cc(C(F)(F)F)cc13)CN(C(=O)N1CC(F)(F)OC(F)(F)C1)CC2. The molecule has 230 valence electrons. The zero-order chi connectivity index (χ0) is 31.2. The second-order valence-electron chi connectivity index (χ2n) is 10.8. The number of rotatable bonds is 2. The first-order valence-corrected chi connectivity index (χ1v) is 13.4. The summed E-state index contributed by atoms with van der Waals surface area (Å²) in [4.78, 5) is 31.9. The highest BCUT2D eigenvalue weighted by Gasteiger charge is 2.53. The van der Waals surface area contributed by atoms with Crippen molar-refractivity contribution in [1.82, 2.24) is 29.1 Å². The van der Waals surface area contributed by atoms with E-state index in [1.165, 1.54) is 6.20 Å². The molecule has 0 saturated carbocycles. The number of carbonyl (C=O) groups is 2. The van der Waals surface area contributed by atoms with Crippen LogP contribution in [0.2, 0.25) is 0 Å². The van der Waals surface area contributed by atoms with Gasteiger partial charge in [-0.3, -0.25) is 13.9 Å². The van der Waals surface area contributed by atoms with Crippen molar-refractivity contribution in [1.29, 1.82) is 0 Å². The van der Waals surface area contributed by atoms with Gasteiger partial charge in [-0.15, -0.1) is 0 Å². The molecule has 1 saturated heterocycles. The van der Waals surface area contributed by atoms with Gasteiger partial charge in [-0.2, -0.15) is 30.7 Å². The van der Waals surface area contributed by atoms with E-state index in [-0.39, 0.29) is 46.6 Å². The van der Waals surface area contributed by atoms with Crippen LogP contribution in [0.3, 0.4) is 0 Å². The fourth-order valence-corrected chi connectivity index (χ4v) is 6.13. The number of hydrogen-bond donors (Lipinski definition) is 1. The molecule has 3 aromatic heterocycles. The number of nitrogens with zero attached hydrogens (tertiary/aromatic N) is 5. The first-order valence-electron chi connectivity index (χ1n) is 13.4. The first kappa shape index (κ1) is 28.2. The lowest BCUT2D eigenvalue weighted by Crippen LogP contribution is -2.59. The fraction of sp³-hybridized carbons (Fsp3) is 0.321. The predicted octanol–water partition coefficient (Wildman–Crippen LogP) is 4.80. The summed E-state index contributed by atoms with van der Waals surface area (Å²) in [7, 11) is 0. The molecule has 0 atom stereocenters. The molecule has 9 nitrogen and oxygen atoms in total. The van der Waals surface area contributed by atoms with Gasteiger partial charge in [0.25, 0.3) is 5.91 Å². The topological polar surface area (TPSA) is 84.1 Å². The molecule has 0 radical (unpaired) electrons. The van der Waals surface area contributed by atoms with Gasteiger partial charge in [-0.25, -0.2) is 9.78 Å². The normalized spacial score (nSPS) is 20.0. The smallest absolute Gasteiger partial charge is 0.348 e. The summed E-state index contributed by atoms with van der Waals surface area (Å²) in [5.74, 6) is -0.494. The zero-order valence-electron chi connectivity index (χ0n) is 22.5. The molecule has 6 heterocycles. The summed E-state index contributed by atoms with van der Waals surface area (Å²) in [6.07, 6.45) is -8.62. The number of ether oxygens (including phenoxy) is 1. The molecule has 0 spiro atoms. The first-order chi connectivity index (χ1) is 20.7. The van der Waals surface area contributed by atoms with Crippen molar-refractivity contribution in [3.8, 4) is 0 Å². The highest BCUT2D eigenvalue weighted by molar-refractivity contribution is 6.32. The molecule has 1 aromatic carbocycles. The molecule has 4 aromatic rings. The molecule has 3 aliphatic heterocycles. The van der Waals surface area contributed by atoms with E-state index < -0.39 is 55.5 Å². The Labute approximate surface area is 243 Å². The summed E-state index contributed by atoms with van der Waals surface area (Å²) in [6.45, 7) is -3.48. The molecular weight excluding hydrogens is 601 g/mol. The number of aromatic nitrogens is 3. The Morgan fingerprint density at radius 2 is 1.77 bits per heavy atom. The molecule has 7 rings (SSSR count). The van der Waals surface area contributed by atoms with Crippen molar-refractivity contribution in [3.63, 3.8) is 0 Å². The van der Waals surface area contributed by atoms with Crippen LogP contribution >= 0.6 is 0 Å². The number of hydrogen-bond acceptors (Lipinski definition) is 4. The number of amides is 3. The quantitative estimate of drug-likeness (QED) is 0.326. The number of benzene rings is 1. The Balaban J connectivity index is 1.35. The van der Waals surface area contributed by atoms with Crippen LogP contribution in [0.4, 0.5) is 35.5 Å². The molecule has 1 fully saturated rings. The molecule has 0 aliphatic carbocycles. The van der Waals surface area contributed by atoms with E-state index in [9.17, 15) is 40.3 Å². The maximum atomic E-state index is 14.2. The van der Waals surface area contributed by atoms with E-state index in [0.717, 1.165) is 17.0 Å². The van der Waals surface area contributed by atoms with Crippen molar-refractivity contribution < 1.29 is 45.1 Å². The third-order valence-corrected chi connectivity index (χ3v) is 7.89. The van der Waals surface area contributed by atoms with Gasteiger partial charge in [0.15, 0.2) is 0 Å². The number of pyridine rings is 1. The molecule has 0 unspecified atom stereocenters. The number of nitrogens with one attached hydrogen (secondary N) is 1. The Kier molecular flexibility index (Phi) is 6.05. The van der Waals surface area contributed by atoms with Gasteiger partial charge in [0.2, 0.25) is 0 Å². The molecular formula is C28H21F7N6O3. The van der Waals surface area contributed by atoms with Crippen LogP contribution in [0.15, 0.2) is 48.9 Å². The van der Waals surface area contributed by atoms with Crippen LogP contribution in [0.25, 0.3) is 27.7 Å². The molecule has 1 N–H and O–H groups in total. The van der Waals surface area contributed by atoms with Crippen LogP contribution < -0.4 is 5.32 Å². The highest BCUT2D eigenvalue weighted by atomic mass is 19.4. The van der Waals surface area contributed by atoms with Crippen LogP contribution in [0.5, 0.6) is 0 Å². The second-order valence-corrected chi connectivity index (χ2v) is 10.8. The molecule has 44 heavy (non-hydrogen) atoms. The third kappa shape index (κ3) is 4.63. The highest BCUT2D eigenvalue weighted by Crippen LogP contribution is 2.41. The number of carbonyl (C=O) groups excluding carboxylic acids is 2. The van der Waals surface area contributed by atoms with Gasteiger partial charge in [0, 0.05) is 55.1 Å². The van der Waals surface area contributed by atoms with Gasteiger partial charge in [-0.1, -0.05) is 6.07 Å². The van der Waals surface area contributed by atoms with Crippen molar-refractivity contribution in [3.05, 3.63) is 71.3 Å². The van der Waals surface area contributed by atoms with E-state index in [2.05, 4.69) is 15.0 Å². The zero-order valence-corrected chi connectivity index (χ0v) is 22.5. The molecule has 16 heteroatoms. The summed E-state index contributed by atoms with van der Waals surface area (Å²) < 4.78 is 105. The number of halogens is 7. The Morgan fingerprint density at radius 1 is 1.02 bits per heavy atom. The Morgan fingerprint density at radius 3 is 2.50 bits per heavy atom. The second kappa shape index (κ2) is 9.45. The maximum Gasteiger partial charge on any atom is 0.416 e. The number of alkyl halides is 7. The number of imidazole rings is 1. The minimum Gasteiger partial charge on any atom is -0.348 e. The lowest BCUT2D eigenvalue weighted by atomic mass is 9.96. The van der Waals surface area contributed by atoms with Crippen molar-refractivity contribution in [2.45, 2.75) is 31.5 Å². The summed E-state index contributed by atoms with van der Waals surface area (Å²) in [5, 5.41) is 2.84. The van der Waals surface area contributed by atoms with E-state index >= 15 is 0 Å². The Hall–Kier alpha value is -4.60. The lowest BCUT2D eigenvalue weighted by Gasteiger charge is -2.39. The van der Waals surface area contributed by atoms with Crippen LogP contribution in [0.1, 0.15) is 22.4 Å². The number of urea groups is 1. The van der Waals surface area contributed by atoms with Gasteiger partial charge in [0.1, 0.15) is 18.7 Å². The molecule has 3 amide bonds. The maximum absolute atomic E-state index is 14.2. The summed E-state index contributed by atoms with van der Waals surface area (Å²) >= 11 is 0. The van der Waals surface area contributed by atoms with Crippen molar-refractivity contribution >= 4 is 39.6 Å². The molecule has 3 aliphatic rings. The van der Waals surface area contributed by atoms with E-state index in [1.54, 1.807) is 39.6 Å². The van der Waals surface area contributed by atoms with E-state index in [4.69, 9.17) is 0 Å². The summed E-state index contributed by atoms with van der Waals surface area (Å²) in [5.41, 5.74) is 1.34. The van der Waals surface area contributed by atoms with Gasteiger partial charge < -0.3 is 19.7 Å². The minimum atomic E-state index is -4.82. The van der Waals surface area contributed by atoms with Crippen LogP contribution in [-0.2, 0) is 28.8 Å². The molecule has 0 bridgehead atoms. The fourth-order valence-electron chi connectivity index (χ4n) is 6.13. The predicted molar refractivity (Wildman–Crippen MR) is 140 cm³/mol. The average Bonchev–Trinajstić information content (AvgIpc) is 3.59. The standard InChI is InChI=1S/C28H21F7N6O3/c29-26(30)13-40(14-27(31,32)44-26)25(43)39-6-5-38-12-19(17-8-16(28(33,34)35)7-15(11-39)23(17)38)22-18(9-37-24(22)42)20-10-36-21-3-1-2-4-41(20)21/h1-4,7-8,10,12H,5-6,9,11,13-14H2,(H,37,42). The lowest BCUT2D eigenvalue weighted by molar-refractivity contribution is -0.400. The number of fused-ring (bicyclic) bond motifs is 1. The average molecular weight is 623 g/mol. The Bertz CT molecular complexity index is 1880. The van der Waals surface area contributed by atoms with Gasteiger partial charge >= 0.3 is 24.4 Å². The van der Waals surface area contributed by atoms with Crippen LogP contribution in [-0.4, -0.2) is 74.1 Å². The minimum absolute atomic E-state index is 0.00839. The number of morpholine rings is 1. The van der Waals surface area contributed by atoms with Crippen molar-refractivity contribution in [2.24, 2.45) is 0 Å². The van der Waals surface area contributed by atoms with Gasteiger partial charge in [-0.05, 0) is 29.8 Å². The van der Waals surface area contributed by atoms with Gasteiger partial charge in [0.05, 0.1) is 28.5 Å². The summed E-state index contributed by atoms with van der Waals surface area (Å²) in [6, 6.07) is 5.89. The van der Waals surface area contributed by atoms with E-state index in [1.807, 2.05) is 0 Å². The van der Waals surface area contributed by atoms with Crippen LogP contribution in [0, 0.1) is 0 Å².